The number of pyridine rings is 2. The first-order valence-electron chi connectivity index (χ1n) is 44.8. The van der Waals surface area contributed by atoms with E-state index in [-0.39, 0.29) is 36.7 Å². The molecule has 130 heavy (non-hydrogen) atoms. The number of benzene rings is 10. The third-order valence-corrected chi connectivity index (χ3v) is 24.4. The zero-order valence-electron chi connectivity index (χ0n) is 73.3. The number of para-hydroxylation sites is 2. The van der Waals surface area contributed by atoms with Crippen molar-refractivity contribution in [2.75, 3.05) is 98.6 Å². The normalized spacial score (nSPS) is 16.8. The summed E-state index contributed by atoms with van der Waals surface area (Å²) in [5.41, 5.74) is 21.1. The number of amides is 4. The molecular formula is C108H102N10O12. The number of fused-ring (bicyclic) bond motifs is 2. The Balaban J connectivity index is 0.000000169. The van der Waals surface area contributed by atoms with Crippen molar-refractivity contribution in [1.82, 2.24) is 29.6 Å². The van der Waals surface area contributed by atoms with Crippen molar-refractivity contribution in [3.63, 3.8) is 0 Å². The molecule has 22 heteroatoms. The molecule has 10 aromatic carbocycles. The van der Waals surface area contributed by atoms with Crippen LogP contribution in [0.5, 0.6) is 0 Å². The second kappa shape index (κ2) is 39.0. The minimum atomic E-state index is -0.455. The Morgan fingerprint density at radius 1 is 0.246 bits per heavy atom. The number of aromatic nitrogens is 2. The summed E-state index contributed by atoms with van der Waals surface area (Å²) in [5, 5.41) is 0. The van der Waals surface area contributed by atoms with Gasteiger partial charge in [0.05, 0.1) is 97.9 Å². The molecule has 12 aromatic rings. The van der Waals surface area contributed by atoms with Crippen LogP contribution in [0, 0.1) is 27.7 Å². The summed E-state index contributed by atoms with van der Waals surface area (Å²) in [5.74, 6) is 0.565. The largest absolute Gasteiger partial charge is 0.353 e. The van der Waals surface area contributed by atoms with E-state index < -0.39 is 25.2 Å². The molecule has 0 radical (unpaired) electrons. The fourth-order valence-corrected chi connectivity index (χ4v) is 18.0. The monoisotopic (exact) mass is 1730 g/mol. The molecule has 8 aliphatic heterocycles. The summed E-state index contributed by atoms with van der Waals surface area (Å²) in [6.07, 6.45) is 5.20. The fraction of sp³-hybridized carbons (Fsp3) is 0.241. The van der Waals surface area contributed by atoms with Gasteiger partial charge in [-0.3, -0.25) is 29.0 Å². The first kappa shape index (κ1) is 85.6. The molecule has 8 aliphatic rings. The Morgan fingerprint density at radius 2 is 0.454 bits per heavy atom. The maximum absolute atomic E-state index is 15.2. The molecule has 2 aromatic heterocycles. The average Bonchev–Trinajstić information content (AvgIpc) is 1.56. The molecule has 0 bridgehead atoms. The van der Waals surface area contributed by atoms with E-state index in [2.05, 4.69) is 179 Å². The summed E-state index contributed by atoms with van der Waals surface area (Å²) < 4.78 is 47.1. The molecular weight excluding hydrogens is 1630 g/mol. The van der Waals surface area contributed by atoms with Crippen molar-refractivity contribution in [3.05, 3.63) is 370 Å². The number of rotatable bonds is 28. The van der Waals surface area contributed by atoms with Crippen LogP contribution in [0.1, 0.15) is 83.0 Å². The SMILES string of the molecule is Cc1ccc(N(c2ccc(C)cc2)c2ccc(C3=C4C(=O)N(CCC5OCCO5)C(c5ccc(N(c6ccc(C)cc6)c6ccc(C)cc6)cc5)=C4C(=O)N3CCC3OCCO3)cc2)cc1.O=C1C2=C(c3ccc(N(c4ccccc4)c4ccccn4)cc3)N(CCC3OCCCO3)C(=O)C2=C(c2ccc(N(c3ccccc3)c3ccccn3)cc2)N1CCC1OCCCO1. The number of ether oxygens (including phenoxy) is 8. The Hall–Kier alpha value is -13.8. The zero-order chi connectivity index (χ0) is 88.6. The molecule has 4 amide bonds. The van der Waals surface area contributed by atoms with Crippen LogP contribution in [-0.2, 0) is 57.1 Å². The summed E-state index contributed by atoms with van der Waals surface area (Å²) in [6, 6.07) is 98.0. The third-order valence-electron chi connectivity index (χ3n) is 24.4. The number of aryl methyl sites for hydroxylation is 4. The lowest BCUT2D eigenvalue weighted by Crippen LogP contribution is -2.35. The van der Waals surface area contributed by atoms with Crippen molar-refractivity contribution in [2.45, 2.75) is 91.4 Å². The molecule has 0 spiro atoms. The molecule has 4 saturated heterocycles. The Kier molecular flexibility index (Phi) is 25.7. The molecule has 10 heterocycles. The minimum absolute atomic E-state index is 0.229. The maximum atomic E-state index is 15.2. The van der Waals surface area contributed by atoms with Crippen LogP contribution in [-0.4, -0.2) is 157 Å². The van der Waals surface area contributed by atoms with Gasteiger partial charge in [-0.15, -0.1) is 0 Å². The van der Waals surface area contributed by atoms with Crippen LogP contribution in [0.3, 0.4) is 0 Å². The number of carbonyl (C=O) groups is 4. The minimum Gasteiger partial charge on any atom is -0.353 e. The van der Waals surface area contributed by atoms with E-state index in [1.165, 1.54) is 22.3 Å². The predicted molar refractivity (Wildman–Crippen MR) is 504 cm³/mol. The van der Waals surface area contributed by atoms with Crippen LogP contribution in [0.25, 0.3) is 22.8 Å². The molecule has 20 rings (SSSR count). The van der Waals surface area contributed by atoms with E-state index in [4.69, 9.17) is 37.9 Å². The number of nitrogens with zero attached hydrogens (tertiary/aromatic N) is 10. The summed E-state index contributed by atoms with van der Waals surface area (Å²) in [7, 11) is 0. The first-order chi connectivity index (χ1) is 63.8. The van der Waals surface area contributed by atoms with E-state index in [9.17, 15) is 0 Å². The molecule has 22 nitrogen and oxygen atoms in total. The molecule has 0 atom stereocenters. The van der Waals surface area contributed by atoms with Gasteiger partial charge in [-0.1, -0.05) is 168 Å². The van der Waals surface area contributed by atoms with Gasteiger partial charge < -0.3 is 67.3 Å². The Bertz CT molecular complexity index is 5600. The Labute approximate surface area is 757 Å². The van der Waals surface area contributed by atoms with Crippen molar-refractivity contribution < 1.29 is 57.1 Å². The van der Waals surface area contributed by atoms with Gasteiger partial charge in [-0.25, -0.2) is 9.97 Å². The van der Waals surface area contributed by atoms with Gasteiger partial charge in [0.15, 0.2) is 25.2 Å². The fourth-order valence-electron chi connectivity index (χ4n) is 18.0. The maximum Gasteiger partial charge on any atom is 0.261 e. The highest BCUT2D eigenvalue weighted by Crippen LogP contribution is 2.52. The third kappa shape index (κ3) is 18.1. The second-order valence-corrected chi connectivity index (χ2v) is 33.2. The second-order valence-electron chi connectivity index (χ2n) is 33.2. The van der Waals surface area contributed by atoms with Crippen LogP contribution >= 0.6 is 0 Å². The van der Waals surface area contributed by atoms with Crippen molar-refractivity contribution in [2.24, 2.45) is 0 Å². The van der Waals surface area contributed by atoms with Crippen molar-refractivity contribution >= 4 is 115 Å². The quantitative estimate of drug-likeness (QED) is 0.0449. The van der Waals surface area contributed by atoms with Gasteiger partial charge in [0, 0.05) is 121 Å². The highest BCUT2D eigenvalue weighted by molar-refractivity contribution is 6.31. The lowest BCUT2D eigenvalue weighted by molar-refractivity contribution is -0.182. The summed E-state index contributed by atoms with van der Waals surface area (Å²) in [6.45, 7) is 13.9. The van der Waals surface area contributed by atoms with E-state index in [1.54, 1.807) is 32.0 Å². The summed E-state index contributed by atoms with van der Waals surface area (Å²) in [4.78, 5) is 85.8. The zero-order valence-corrected chi connectivity index (χ0v) is 73.3. The molecule has 0 N–H and O–H groups in total. The van der Waals surface area contributed by atoms with Crippen LogP contribution in [0.2, 0.25) is 0 Å². The van der Waals surface area contributed by atoms with E-state index in [0.29, 0.717) is 137 Å². The van der Waals surface area contributed by atoms with Gasteiger partial charge in [0.1, 0.15) is 11.6 Å². The molecule has 0 saturated carbocycles. The standard InChI is InChI=1S/C56H54N4O6.C52H48N6O6/c1-37-5-17-43(18-6-37)59(44-19-7-38(2)8-20-44)47-25-13-41(14-26-47)53-51-52(56(62)57(53)31-29-49-63-33-34-64-49)54(58(55(51)61)32-30-50-65-35-36-66-50)42-15-27-48(28-16-42)60(45-21-9-39(3)10-22-45)46-23-11-40(4)12-24-46;59-51-47-48(50(56(51)32-28-46-63-35-12-36-64-46)38-21-25-42(26-22-38)58(40-15-5-2-6-16-40)44-18-8-10-30-54-44)52(60)55(31-27-45-61-33-11-34-62-45)49(47)37-19-23-41(24-20-37)57(39-13-3-1-4-14-39)43-17-7-9-29-53-43/h5-28,49-50H,29-36H2,1-4H3;1-10,13-26,29-30,45-46H,11-12,27-28,31-36H2. The lowest BCUT2D eigenvalue weighted by Gasteiger charge is -2.29. The highest BCUT2D eigenvalue weighted by atomic mass is 16.7. The smallest absolute Gasteiger partial charge is 0.261 e. The Morgan fingerprint density at radius 3 is 0.685 bits per heavy atom. The first-order valence-corrected chi connectivity index (χ1v) is 44.8. The van der Waals surface area contributed by atoms with Gasteiger partial charge in [0.2, 0.25) is 0 Å². The molecule has 0 aliphatic carbocycles. The average molecular weight is 1730 g/mol. The van der Waals surface area contributed by atoms with Crippen molar-refractivity contribution in [1.29, 1.82) is 0 Å². The van der Waals surface area contributed by atoms with Crippen molar-refractivity contribution in [3.8, 4) is 0 Å². The van der Waals surface area contributed by atoms with Crippen LogP contribution in [0.4, 0.5) is 68.5 Å². The van der Waals surface area contributed by atoms with Gasteiger partial charge in [-0.05, 0) is 208 Å². The number of hydrogen-bond acceptors (Lipinski definition) is 18. The highest BCUT2D eigenvalue weighted by Gasteiger charge is 2.51. The summed E-state index contributed by atoms with van der Waals surface area (Å²) >= 11 is 0. The molecule has 0 unspecified atom stereocenters. The van der Waals surface area contributed by atoms with Crippen LogP contribution in [0.15, 0.2) is 326 Å². The number of hydrogen-bond donors (Lipinski definition) is 0. The predicted octanol–water partition coefficient (Wildman–Crippen LogP) is 20.7. The van der Waals surface area contributed by atoms with E-state index in [1.807, 2.05) is 170 Å². The van der Waals surface area contributed by atoms with E-state index in [0.717, 1.165) is 104 Å². The lowest BCUT2D eigenvalue weighted by atomic mass is 10.0. The van der Waals surface area contributed by atoms with Gasteiger partial charge in [-0.2, -0.15) is 0 Å². The van der Waals surface area contributed by atoms with E-state index >= 15 is 19.2 Å². The molecule has 4 fully saturated rings. The number of carbonyl (C=O) groups excluding carboxylic acids is 4. The molecule has 656 valence electrons. The topological polar surface area (TPSA) is 194 Å². The number of anilines is 12. The van der Waals surface area contributed by atoms with Crippen LogP contribution < -0.4 is 19.6 Å². The van der Waals surface area contributed by atoms with Gasteiger partial charge in [0.25, 0.3) is 23.6 Å². The van der Waals surface area contributed by atoms with Gasteiger partial charge >= 0.3 is 0 Å².